The lowest BCUT2D eigenvalue weighted by atomic mass is 9.80. The summed E-state index contributed by atoms with van der Waals surface area (Å²) >= 11 is 0. The van der Waals surface area contributed by atoms with Crippen LogP contribution in [0.15, 0.2) is 24.3 Å². The molecular weight excluding hydrogens is 198 g/mol. The summed E-state index contributed by atoms with van der Waals surface area (Å²) in [5.74, 6) is 0.141. The van der Waals surface area contributed by atoms with E-state index in [1.54, 1.807) is 0 Å². The van der Waals surface area contributed by atoms with Crippen LogP contribution in [-0.2, 0) is 15.7 Å². The van der Waals surface area contributed by atoms with Crippen molar-refractivity contribution in [3.8, 4) is 0 Å². The summed E-state index contributed by atoms with van der Waals surface area (Å²) in [5, 5.41) is 2.95. The van der Waals surface area contributed by atoms with Crippen LogP contribution in [0.4, 0.5) is 0 Å². The number of benzene rings is 1. The molecule has 0 spiro atoms. The number of rotatable bonds is 1. The summed E-state index contributed by atoms with van der Waals surface area (Å²) in [7, 11) is 0. The number of β-lactam (4-membered cyclic amide) rings is 1. The van der Waals surface area contributed by atoms with E-state index in [0.29, 0.717) is 6.42 Å². The molecule has 1 aromatic rings. The number of hydrogen-bond donors (Lipinski definition) is 1. The molecule has 1 aliphatic rings. The fourth-order valence-electron chi connectivity index (χ4n) is 2.12. The second-order valence-corrected chi connectivity index (χ2v) is 5.88. The lowest BCUT2D eigenvalue weighted by molar-refractivity contribution is -0.132. The van der Waals surface area contributed by atoms with E-state index in [0.717, 1.165) is 0 Å². The van der Waals surface area contributed by atoms with Crippen LogP contribution in [0.1, 0.15) is 45.2 Å². The second kappa shape index (κ2) is 3.34. The third kappa shape index (κ3) is 1.84. The van der Waals surface area contributed by atoms with E-state index in [4.69, 9.17) is 0 Å². The zero-order chi connectivity index (χ0) is 12.0. The van der Waals surface area contributed by atoms with Gasteiger partial charge in [-0.05, 0) is 23.5 Å². The first-order valence-electron chi connectivity index (χ1n) is 5.73. The highest BCUT2D eigenvalue weighted by Crippen LogP contribution is 2.32. The largest absolute Gasteiger partial charge is 0.346 e. The minimum atomic E-state index is -0.145. The Morgan fingerprint density at radius 3 is 2.06 bits per heavy atom. The highest BCUT2D eigenvalue weighted by atomic mass is 16.2. The smallest absolute Gasteiger partial charge is 0.223 e. The molecule has 1 atom stereocenters. The first-order chi connectivity index (χ1) is 7.31. The summed E-state index contributed by atoms with van der Waals surface area (Å²) in [6.45, 7) is 8.68. The van der Waals surface area contributed by atoms with Crippen molar-refractivity contribution in [2.75, 3.05) is 0 Å². The Bertz CT molecular complexity index is 403. The molecule has 0 saturated carbocycles. The Kier molecular flexibility index (Phi) is 2.33. The van der Waals surface area contributed by atoms with Gasteiger partial charge in [-0.1, -0.05) is 45.0 Å². The fourth-order valence-corrected chi connectivity index (χ4v) is 2.12. The van der Waals surface area contributed by atoms with Crippen LogP contribution in [0.25, 0.3) is 0 Å². The molecule has 0 aromatic heterocycles. The highest BCUT2D eigenvalue weighted by Gasteiger charge is 2.39. The third-order valence-corrected chi connectivity index (χ3v) is 3.32. The average molecular weight is 217 g/mol. The van der Waals surface area contributed by atoms with E-state index in [-0.39, 0.29) is 16.9 Å². The van der Waals surface area contributed by atoms with Crippen LogP contribution in [-0.4, -0.2) is 5.91 Å². The van der Waals surface area contributed by atoms with Crippen LogP contribution in [0, 0.1) is 0 Å². The lowest BCUT2D eigenvalue weighted by Gasteiger charge is -2.39. The summed E-state index contributed by atoms with van der Waals surface area (Å²) < 4.78 is 0. The van der Waals surface area contributed by atoms with E-state index >= 15 is 0 Å². The number of carbonyl (C=O) groups excluding carboxylic acids is 1. The van der Waals surface area contributed by atoms with Gasteiger partial charge in [0, 0.05) is 0 Å². The molecule has 1 aliphatic heterocycles. The Labute approximate surface area is 97.1 Å². The van der Waals surface area contributed by atoms with Gasteiger partial charge >= 0.3 is 0 Å². The zero-order valence-electron chi connectivity index (χ0n) is 10.4. The predicted molar refractivity (Wildman–Crippen MR) is 65.3 cm³/mol. The first-order valence-corrected chi connectivity index (χ1v) is 5.73. The maximum Gasteiger partial charge on any atom is 0.223 e. The number of amides is 1. The molecular formula is C14H19NO. The molecule has 2 rings (SSSR count). The van der Waals surface area contributed by atoms with Gasteiger partial charge in [-0.2, -0.15) is 0 Å². The Balaban J connectivity index is 2.24. The molecule has 1 fully saturated rings. The SMILES string of the molecule is CC(C)(C)c1ccc(C2(C)CC(=O)N2)cc1. The van der Waals surface area contributed by atoms with Crippen molar-refractivity contribution in [1.82, 2.24) is 5.32 Å². The van der Waals surface area contributed by atoms with Gasteiger partial charge < -0.3 is 5.32 Å². The zero-order valence-corrected chi connectivity index (χ0v) is 10.4. The maximum atomic E-state index is 11.0. The van der Waals surface area contributed by atoms with Crippen LogP contribution in [0.3, 0.4) is 0 Å². The molecule has 1 saturated heterocycles. The van der Waals surface area contributed by atoms with Gasteiger partial charge in [0.15, 0.2) is 0 Å². The van der Waals surface area contributed by atoms with Gasteiger partial charge in [-0.3, -0.25) is 4.79 Å². The monoisotopic (exact) mass is 217 g/mol. The maximum absolute atomic E-state index is 11.0. The number of carbonyl (C=O) groups is 1. The van der Waals surface area contributed by atoms with E-state index in [1.165, 1.54) is 11.1 Å². The molecule has 2 heteroatoms. The van der Waals surface area contributed by atoms with Gasteiger partial charge in [-0.15, -0.1) is 0 Å². The summed E-state index contributed by atoms with van der Waals surface area (Å²) in [5.41, 5.74) is 2.56. The van der Waals surface area contributed by atoms with Crippen LogP contribution >= 0.6 is 0 Å². The minimum Gasteiger partial charge on any atom is -0.346 e. The van der Waals surface area contributed by atoms with Crippen LogP contribution < -0.4 is 5.32 Å². The first kappa shape index (κ1) is 11.2. The van der Waals surface area contributed by atoms with E-state index < -0.39 is 0 Å². The molecule has 1 aromatic carbocycles. The molecule has 1 N–H and O–H groups in total. The third-order valence-electron chi connectivity index (χ3n) is 3.32. The van der Waals surface area contributed by atoms with Crippen molar-refractivity contribution < 1.29 is 4.79 Å². The molecule has 86 valence electrons. The normalized spacial score (nSPS) is 24.9. The summed E-state index contributed by atoms with van der Waals surface area (Å²) in [6, 6.07) is 8.57. The van der Waals surface area contributed by atoms with Gasteiger partial charge in [0.1, 0.15) is 0 Å². The lowest BCUT2D eigenvalue weighted by Crippen LogP contribution is -2.56. The average Bonchev–Trinajstić information content (AvgIpc) is 2.14. The summed E-state index contributed by atoms with van der Waals surface area (Å²) in [6.07, 6.45) is 0.599. The van der Waals surface area contributed by atoms with Crippen molar-refractivity contribution in [2.45, 2.75) is 45.1 Å². The van der Waals surface area contributed by atoms with Crippen molar-refractivity contribution >= 4 is 5.91 Å². The molecule has 1 amide bonds. The van der Waals surface area contributed by atoms with Gasteiger partial charge in [0.25, 0.3) is 0 Å². The second-order valence-electron chi connectivity index (χ2n) is 5.88. The topological polar surface area (TPSA) is 29.1 Å². The van der Waals surface area contributed by atoms with Crippen molar-refractivity contribution in [3.05, 3.63) is 35.4 Å². The van der Waals surface area contributed by atoms with Crippen LogP contribution in [0.5, 0.6) is 0 Å². The minimum absolute atomic E-state index is 0.141. The standard InChI is InChI=1S/C14H19NO/c1-13(2,3)10-5-7-11(8-6-10)14(4)9-12(16)15-14/h5-8H,9H2,1-4H3,(H,15,16). The quantitative estimate of drug-likeness (QED) is 0.720. The Morgan fingerprint density at radius 1 is 1.19 bits per heavy atom. The van der Waals surface area contributed by atoms with E-state index in [1.807, 2.05) is 0 Å². The molecule has 0 bridgehead atoms. The Hall–Kier alpha value is -1.31. The van der Waals surface area contributed by atoms with Crippen molar-refractivity contribution in [3.63, 3.8) is 0 Å². The summed E-state index contributed by atoms with van der Waals surface area (Å²) in [4.78, 5) is 11.0. The molecule has 1 heterocycles. The van der Waals surface area contributed by atoms with Crippen molar-refractivity contribution in [2.24, 2.45) is 0 Å². The van der Waals surface area contributed by atoms with Gasteiger partial charge in [0.05, 0.1) is 12.0 Å². The van der Waals surface area contributed by atoms with E-state index in [2.05, 4.69) is 57.3 Å². The van der Waals surface area contributed by atoms with Gasteiger partial charge in [0.2, 0.25) is 5.91 Å². The van der Waals surface area contributed by atoms with Gasteiger partial charge in [-0.25, -0.2) is 0 Å². The molecule has 0 aliphatic carbocycles. The molecule has 0 radical (unpaired) electrons. The highest BCUT2D eigenvalue weighted by molar-refractivity contribution is 5.85. The number of hydrogen-bond acceptors (Lipinski definition) is 1. The van der Waals surface area contributed by atoms with Crippen molar-refractivity contribution in [1.29, 1.82) is 0 Å². The van der Waals surface area contributed by atoms with E-state index in [9.17, 15) is 4.79 Å². The molecule has 2 nitrogen and oxygen atoms in total. The molecule has 16 heavy (non-hydrogen) atoms. The van der Waals surface area contributed by atoms with Crippen LogP contribution in [0.2, 0.25) is 0 Å². The predicted octanol–water partition coefficient (Wildman–Crippen LogP) is 2.72. The molecule has 1 unspecified atom stereocenters. The Morgan fingerprint density at radius 2 is 1.69 bits per heavy atom. The fraction of sp³-hybridized carbons (Fsp3) is 0.500. The number of nitrogens with one attached hydrogen (secondary N) is 1.